The summed E-state index contributed by atoms with van der Waals surface area (Å²) in [5.74, 6) is -0.229. The molecule has 3 aromatic rings. The van der Waals surface area contributed by atoms with Crippen LogP contribution >= 0.6 is 0 Å². The minimum Gasteiger partial charge on any atom is -0.451 e. The fraction of sp³-hybridized carbons (Fsp3) is 0.375. The van der Waals surface area contributed by atoms with Crippen LogP contribution in [0.15, 0.2) is 57.8 Å². The van der Waals surface area contributed by atoms with Crippen LogP contribution in [-0.4, -0.2) is 58.0 Å². The molecule has 0 radical (unpaired) electrons. The highest BCUT2D eigenvalue weighted by atomic mass is 32.2. The van der Waals surface area contributed by atoms with Crippen molar-refractivity contribution >= 4 is 38.3 Å². The zero-order valence-corrected chi connectivity index (χ0v) is 19.1. The average molecular weight is 470 g/mol. The standard InChI is InChI=1S/C24H27N3O5S/c28-24(23-16-18-6-2-3-7-22(18)32-23)25-20-17-19(33(29,30)27-12-14-31-15-13-27)8-9-21(20)26-10-4-1-5-11-26/h2-3,6-9,16-17H,1,4-5,10-15H2,(H,25,28). The fourth-order valence-electron chi connectivity index (χ4n) is 4.40. The third kappa shape index (κ3) is 4.48. The van der Waals surface area contributed by atoms with E-state index >= 15 is 0 Å². The first-order chi connectivity index (χ1) is 16.0. The Morgan fingerprint density at radius 2 is 1.67 bits per heavy atom. The molecule has 174 valence electrons. The van der Waals surface area contributed by atoms with Gasteiger partial charge in [0.05, 0.1) is 29.5 Å². The first kappa shape index (κ1) is 21.9. The molecule has 8 nitrogen and oxygen atoms in total. The Hall–Kier alpha value is -2.88. The lowest BCUT2D eigenvalue weighted by molar-refractivity contribution is 0.0730. The number of amides is 1. The van der Waals surface area contributed by atoms with Gasteiger partial charge in [-0.05, 0) is 49.6 Å². The molecule has 2 aromatic carbocycles. The third-order valence-corrected chi connectivity index (χ3v) is 8.06. The lowest BCUT2D eigenvalue weighted by Crippen LogP contribution is -2.40. The topological polar surface area (TPSA) is 92.1 Å². The molecule has 33 heavy (non-hydrogen) atoms. The van der Waals surface area contributed by atoms with E-state index in [1.807, 2.05) is 18.2 Å². The molecule has 2 aliphatic rings. The Bertz CT molecular complexity index is 1230. The van der Waals surface area contributed by atoms with Crippen LogP contribution < -0.4 is 10.2 Å². The molecule has 0 atom stereocenters. The first-order valence-electron chi connectivity index (χ1n) is 11.3. The lowest BCUT2D eigenvalue weighted by Gasteiger charge is -2.31. The van der Waals surface area contributed by atoms with Crippen LogP contribution in [0.3, 0.4) is 0 Å². The molecule has 0 spiro atoms. The van der Waals surface area contributed by atoms with E-state index in [0.29, 0.717) is 37.6 Å². The van der Waals surface area contributed by atoms with Crippen molar-refractivity contribution in [2.45, 2.75) is 24.2 Å². The number of hydrogen-bond acceptors (Lipinski definition) is 6. The number of anilines is 2. The summed E-state index contributed by atoms with van der Waals surface area (Å²) in [5.41, 5.74) is 1.92. The summed E-state index contributed by atoms with van der Waals surface area (Å²) in [7, 11) is -3.69. The van der Waals surface area contributed by atoms with Gasteiger partial charge in [0.1, 0.15) is 5.58 Å². The molecule has 2 saturated heterocycles. The molecule has 0 aliphatic carbocycles. The first-order valence-corrected chi connectivity index (χ1v) is 12.7. The largest absolute Gasteiger partial charge is 0.451 e. The second kappa shape index (κ2) is 9.17. The number of sulfonamides is 1. The summed E-state index contributed by atoms with van der Waals surface area (Å²) in [6.07, 6.45) is 3.29. The fourth-order valence-corrected chi connectivity index (χ4v) is 5.83. The van der Waals surface area contributed by atoms with Gasteiger partial charge in [-0.15, -0.1) is 0 Å². The molecule has 1 N–H and O–H groups in total. The number of fused-ring (bicyclic) bond motifs is 1. The van der Waals surface area contributed by atoms with Crippen molar-refractivity contribution in [3.8, 4) is 0 Å². The summed E-state index contributed by atoms with van der Waals surface area (Å²) in [6.45, 7) is 3.11. The number of piperidine rings is 1. The highest BCUT2D eigenvalue weighted by Crippen LogP contribution is 2.33. The van der Waals surface area contributed by atoms with E-state index in [1.165, 1.54) is 10.7 Å². The van der Waals surface area contributed by atoms with Crippen LogP contribution in [-0.2, 0) is 14.8 Å². The monoisotopic (exact) mass is 469 g/mol. The number of furan rings is 1. The highest BCUT2D eigenvalue weighted by molar-refractivity contribution is 7.89. The van der Waals surface area contributed by atoms with Gasteiger partial charge in [-0.3, -0.25) is 4.79 Å². The highest BCUT2D eigenvalue weighted by Gasteiger charge is 2.28. The van der Waals surface area contributed by atoms with E-state index in [9.17, 15) is 13.2 Å². The number of morpholine rings is 1. The molecule has 3 heterocycles. The number of nitrogens with one attached hydrogen (secondary N) is 1. The second-order valence-corrected chi connectivity index (χ2v) is 10.3. The predicted octanol–water partition coefficient (Wildman–Crippen LogP) is 3.70. The van der Waals surface area contributed by atoms with Crippen molar-refractivity contribution in [3.63, 3.8) is 0 Å². The van der Waals surface area contributed by atoms with Crippen molar-refractivity contribution < 1.29 is 22.4 Å². The SMILES string of the molecule is O=C(Nc1cc(S(=O)(=O)N2CCOCC2)ccc1N1CCCCC1)c1cc2ccccc2o1. The van der Waals surface area contributed by atoms with Crippen molar-refractivity contribution in [3.05, 3.63) is 54.3 Å². The van der Waals surface area contributed by atoms with E-state index in [2.05, 4.69) is 10.2 Å². The maximum atomic E-state index is 13.2. The van der Waals surface area contributed by atoms with Gasteiger partial charge in [0.25, 0.3) is 5.91 Å². The van der Waals surface area contributed by atoms with Crippen LogP contribution in [0.4, 0.5) is 11.4 Å². The van der Waals surface area contributed by atoms with Gasteiger partial charge in [0, 0.05) is 31.6 Å². The average Bonchev–Trinajstić information content (AvgIpc) is 3.30. The van der Waals surface area contributed by atoms with Gasteiger partial charge >= 0.3 is 0 Å². The Balaban J connectivity index is 1.49. The Labute approximate surface area is 193 Å². The zero-order valence-electron chi connectivity index (χ0n) is 18.3. The smallest absolute Gasteiger partial charge is 0.291 e. The summed E-state index contributed by atoms with van der Waals surface area (Å²) < 4.78 is 38.9. The predicted molar refractivity (Wildman–Crippen MR) is 126 cm³/mol. The van der Waals surface area contributed by atoms with Crippen molar-refractivity contribution in [1.82, 2.24) is 4.31 Å². The molecular formula is C24H27N3O5S. The Morgan fingerprint density at radius 1 is 0.909 bits per heavy atom. The van der Waals surface area contributed by atoms with E-state index < -0.39 is 15.9 Å². The minimum absolute atomic E-state index is 0.157. The molecule has 0 bridgehead atoms. The van der Waals surface area contributed by atoms with Crippen LogP contribution in [0.2, 0.25) is 0 Å². The summed E-state index contributed by atoms with van der Waals surface area (Å²) in [6, 6.07) is 14.1. The van der Waals surface area contributed by atoms with Crippen molar-refractivity contribution in [1.29, 1.82) is 0 Å². The van der Waals surface area contributed by atoms with Crippen LogP contribution in [0, 0.1) is 0 Å². The third-order valence-electron chi connectivity index (χ3n) is 6.17. The zero-order chi connectivity index (χ0) is 22.8. The van der Waals surface area contributed by atoms with Gasteiger partial charge in [0.15, 0.2) is 5.76 Å². The number of carbonyl (C=O) groups is 1. The summed E-state index contributed by atoms with van der Waals surface area (Å²) in [5, 5.41) is 3.75. The normalized spacial score (nSPS) is 17.9. The molecule has 2 aliphatic heterocycles. The van der Waals surface area contributed by atoms with E-state index in [-0.39, 0.29) is 10.7 Å². The number of benzene rings is 2. The molecule has 5 rings (SSSR count). The molecule has 2 fully saturated rings. The van der Waals surface area contributed by atoms with Gasteiger partial charge in [-0.25, -0.2) is 8.42 Å². The van der Waals surface area contributed by atoms with Gasteiger partial charge in [0.2, 0.25) is 10.0 Å². The Morgan fingerprint density at radius 3 is 2.42 bits per heavy atom. The number of ether oxygens (including phenoxy) is 1. The van der Waals surface area contributed by atoms with Crippen LogP contribution in [0.25, 0.3) is 11.0 Å². The van der Waals surface area contributed by atoms with E-state index in [4.69, 9.17) is 9.15 Å². The number of hydrogen-bond donors (Lipinski definition) is 1. The van der Waals surface area contributed by atoms with Crippen molar-refractivity contribution in [2.24, 2.45) is 0 Å². The molecule has 0 unspecified atom stereocenters. The number of para-hydroxylation sites is 1. The number of rotatable bonds is 5. The molecule has 1 amide bonds. The molecule has 0 saturated carbocycles. The van der Waals surface area contributed by atoms with Gasteiger partial charge < -0.3 is 19.4 Å². The van der Waals surface area contributed by atoms with E-state index in [1.54, 1.807) is 30.3 Å². The van der Waals surface area contributed by atoms with Crippen LogP contribution in [0.5, 0.6) is 0 Å². The summed E-state index contributed by atoms with van der Waals surface area (Å²) in [4.78, 5) is 15.4. The molecule has 9 heteroatoms. The number of nitrogens with zero attached hydrogens (tertiary/aromatic N) is 2. The van der Waals surface area contributed by atoms with Crippen LogP contribution in [0.1, 0.15) is 29.8 Å². The Kier molecular flexibility index (Phi) is 6.09. The maximum Gasteiger partial charge on any atom is 0.291 e. The lowest BCUT2D eigenvalue weighted by atomic mass is 10.1. The maximum absolute atomic E-state index is 13.2. The van der Waals surface area contributed by atoms with Crippen molar-refractivity contribution in [2.75, 3.05) is 49.6 Å². The number of carbonyl (C=O) groups excluding carboxylic acids is 1. The quantitative estimate of drug-likeness (QED) is 0.613. The molecular weight excluding hydrogens is 442 g/mol. The minimum atomic E-state index is -3.69. The summed E-state index contributed by atoms with van der Waals surface area (Å²) >= 11 is 0. The second-order valence-electron chi connectivity index (χ2n) is 8.35. The van der Waals surface area contributed by atoms with Gasteiger partial charge in [-0.2, -0.15) is 4.31 Å². The van der Waals surface area contributed by atoms with E-state index in [0.717, 1.165) is 37.0 Å². The van der Waals surface area contributed by atoms with Gasteiger partial charge in [-0.1, -0.05) is 18.2 Å². The molecule has 1 aromatic heterocycles.